The van der Waals surface area contributed by atoms with E-state index in [1.807, 2.05) is 0 Å². The van der Waals surface area contributed by atoms with Crippen molar-refractivity contribution < 1.29 is 27.5 Å². The molecule has 0 amide bonds. The van der Waals surface area contributed by atoms with Crippen LogP contribution in [0.15, 0.2) is 39.3 Å². The Hall–Kier alpha value is -2.99. The minimum Gasteiger partial charge on any atom is -0.857 e. The first kappa shape index (κ1) is 19.0. The molecular formula is C18H12F3N5O2S2. The normalized spacial score (nSPS) is 15.2. The largest absolute Gasteiger partial charge is 0.857 e. The number of fused-ring (bicyclic) bond motifs is 1. The van der Waals surface area contributed by atoms with Crippen LogP contribution in [0, 0.1) is 0 Å². The Morgan fingerprint density at radius 1 is 1.37 bits per heavy atom. The van der Waals surface area contributed by atoms with E-state index in [-0.39, 0.29) is 38.4 Å². The zero-order valence-corrected chi connectivity index (χ0v) is 16.6. The summed E-state index contributed by atoms with van der Waals surface area (Å²) >= 11 is 2.04. The second kappa shape index (κ2) is 6.77. The number of halogens is 3. The highest BCUT2D eigenvalue weighted by Crippen LogP contribution is 2.44. The molecule has 12 heteroatoms. The van der Waals surface area contributed by atoms with Gasteiger partial charge in [0.05, 0.1) is 26.7 Å². The summed E-state index contributed by atoms with van der Waals surface area (Å²) in [4.78, 5) is 8.61. The summed E-state index contributed by atoms with van der Waals surface area (Å²) in [6.07, 6.45) is -1.26. The molecule has 5 rings (SSSR count). The molecule has 1 aliphatic rings. The number of aromatic nitrogens is 3. The van der Waals surface area contributed by atoms with Crippen LogP contribution < -0.4 is 15.5 Å². The lowest BCUT2D eigenvalue weighted by atomic mass is 10.1. The third kappa shape index (κ3) is 3.31. The van der Waals surface area contributed by atoms with Crippen molar-refractivity contribution in [2.24, 2.45) is 4.99 Å². The number of hydrogen-bond donors (Lipinski definition) is 1. The molecule has 0 saturated heterocycles. The van der Waals surface area contributed by atoms with Crippen molar-refractivity contribution in [1.29, 1.82) is 0 Å². The minimum absolute atomic E-state index is 0.0230. The predicted octanol–water partition coefficient (Wildman–Crippen LogP) is 3.67. The number of aliphatic imine (C=N–C) groups is 1. The Bertz CT molecular complexity index is 1270. The van der Waals surface area contributed by atoms with Crippen LogP contribution in [0.4, 0.5) is 24.7 Å². The molecule has 0 atom stereocenters. The first-order chi connectivity index (χ1) is 14.3. The van der Waals surface area contributed by atoms with Crippen LogP contribution >= 0.6 is 22.7 Å². The summed E-state index contributed by atoms with van der Waals surface area (Å²) in [6, 6.07) is 4.59. The molecule has 1 aliphatic carbocycles. The molecule has 4 aromatic heterocycles. The number of rotatable bonds is 4. The van der Waals surface area contributed by atoms with E-state index in [0.29, 0.717) is 4.88 Å². The summed E-state index contributed by atoms with van der Waals surface area (Å²) in [5.74, 6) is -0.840. The van der Waals surface area contributed by atoms with E-state index in [1.165, 1.54) is 17.5 Å². The first-order valence-corrected chi connectivity index (χ1v) is 10.5. The second-order valence-corrected chi connectivity index (χ2v) is 8.67. The highest BCUT2D eigenvalue weighted by molar-refractivity contribution is 7.21. The van der Waals surface area contributed by atoms with Gasteiger partial charge in [0, 0.05) is 24.1 Å². The molecule has 0 aliphatic heterocycles. The van der Waals surface area contributed by atoms with Gasteiger partial charge in [0.25, 0.3) is 6.20 Å². The van der Waals surface area contributed by atoms with Gasteiger partial charge in [-0.05, 0) is 22.2 Å². The third-order valence-corrected chi connectivity index (χ3v) is 6.56. The van der Waals surface area contributed by atoms with Gasteiger partial charge in [-0.2, -0.15) is 13.2 Å². The Labute approximate surface area is 174 Å². The van der Waals surface area contributed by atoms with Gasteiger partial charge in [-0.25, -0.2) is 9.98 Å². The Balaban J connectivity index is 1.64. The molecule has 1 saturated carbocycles. The van der Waals surface area contributed by atoms with E-state index in [4.69, 9.17) is 10.3 Å². The van der Waals surface area contributed by atoms with E-state index in [9.17, 15) is 18.3 Å². The maximum atomic E-state index is 13.8. The summed E-state index contributed by atoms with van der Waals surface area (Å²) in [7, 11) is 0. The van der Waals surface area contributed by atoms with Crippen molar-refractivity contribution in [2.45, 2.75) is 25.1 Å². The lowest BCUT2D eigenvalue weighted by Crippen LogP contribution is -2.32. The van der Waals surface area contributed by atoms with Crippen molar-refractivity contribution in [2.75, 3.05) is 5.73 Å². The average Bonchev–Trinajstić information content (AvgIpc) is 3.09. The fraction of sp³-hybridized carbons (Fsp3) is 0.222. The molecule has 2 N–H and O–H groups in total. The number of hydrogen-bond acceptors (Lipinski definition) is 8. The zero-order chi connectivity index (χ0) is 21.0. The van der Waals surface area contributed by atoms with Gasteiger partial charge in [-0.15, -0.1) is 22.7 Å². The quantitative estimate of drug-likeness (QED) is 0.290. The van der Waals surface area contributed by atoms with Gasteiger partial charge in [-0.3, -0.25) is 4.52 Å². The average molecular weight is 451 g/mol. The molecule has 1 fully saturated rings. The molecule has 154 valence electrons. The van der Waals surface area contributed by atoms with Crippen LogP contribution in [0.1, 0.15) is 29.3 Å². The van der Waals surface area contributed by atoms with Crippen LogP contribution in [0.3, 0.4) is 0 Å². The zero-order valence-electron chi connectivity index (χ0n) is 15.0. The van der Waals surface area contributed by atoms with Crippen molar-refractivity contribution in [1.82, 2.24) is 10.3 Å². The molecule has 0 bridgehead atoms. The molecule has 0 unspecified atom stereocenters. The summed E-state index contributed by atoms with van der Waals surface area (Å²) in [5.41, 5.74) is 4.90. The Morgan fingerprint density at radius 3 is 2.83 bits per heavy atom. The predicted molar refractivity (Wildman–Crippen MR) is 104 cm³/mol. The number of anilines is 1. The highest BCUT2D eigenvalue weighted by atomic mass is 32.1. The van der Waals surface area contributed by atoms with E-state index in [0.717, 1.165) is 30.2 Å². The number of alkyl halides is 3. The van der Waals surface area contributed by atoms with Crippen LogP contribution in [0.5, 0.6) is 0 Å². The van der Waals surface area contributed by atoms with Crippen LogP contribution in [-0.4, -0.2) is 16.2 Å². The number of nitrogen functional groups attached to an aromatic ring is 1. The van der Waals surface area contributed by atoms with E-state index < -0.39 is 17.6 Å². The molecular weight excluding hydrogens is 439 g/mol. The van der Waals surface area contributed by atoms with Gasteiger partial charge >= 0.3 is 12.1 Å². The molecule has 4 aromatic rings. The summed E-state index contributed by atoms with van der Waals surface area (Å²) in [6.45, 7) is 0. The minimum atomic E-state index is -4.67. The van der Waals surface area contributed by atoms with Crippen molar-refractivity contribution in [3.63, 3.8) is 0 Å². The monoisotopic (exact) mass is 451 g/mol. The smallest absolute Gasteiger partial charge is 0.417 e. The lowest BCUT2D eigenvalue weighted by Gasteiger charge is -2.11. The Kier molecular flexibility index (Phi) is 4.29. The maximum absolute atomic E-state index is 13.8. The number of thiophene rings is 2. The molecule has 7 nitrogen and oxygen atoms in total. The van der Waals surface area contributed by atoms with Crippen LogP contribution in [0.2, 0.25) is 0 Å². The molecule has 0 radical (unpaired) electrons. The van der Waals surface area contributed by atoms with Gasteiger partial charge < -0.3 is 10.8 Å². The molecule has 0 aromatic carbocycles. The van der Waals surface area contributed by atoms with Crippen LogP contribution in [0.25, 0.3) is 20.8 Å². The van der Waals surface area contributed by atoms with Gasteiger partial charge in [0.15, 0.2) is 6.04 Å². The topological polar surface area (TPSA) is 104 Å². The number of nitrogens with two attached hydrogens (primary N) is 1. The van der Waals surface area contributed by atoms with E-state index in [1.54, 1.807) is 22.2 Å². The summed E-state index contributed by atoms with van der Waals surface area (Å²) in [5, 5.41) is 17.9. The van der Waals surface area contributed by atoms with Gasteiger partial charge in [0.2, 0.25) is 5.27 Å². The lowest BCUT2D eigenvalue weighted by molar-refractivity contribution is -0.765. The van der Waals surface area contributed by atoms with E-state index in [2.05, 4.69) is 15.2 Å². The van der Waals surface area contributed by atoms with Crippen LogP contribution in [-0.2, 0) is 6.18 Å². The van der Waals surface area contributed by atoms with E-state index >= 15 is 0 Å². The number of nitrogens with zero attached hydrogens (tertiary/aromatic N) is 4. The van der Waals surface area contributed by atoms with Crippen molar-refractivity contribution in [3.05, 3.63) is 40.2 Å². The maximum Gasteiger partial charge on any atom is 0.417 e. The molecule has 0 spiro atoms. The standard InChI is InChI=1S/C18H12F3N5O2S2/c19-18(20,21)9-6-10(11-2-1-5-29-11)23-17-13(9)14(22)15(30-17)16(27)24-12-7-26(25-28-12)8-3-4-8/h1-2,5-8H,3-4H2,(H2-,22,24,25,27). The van der Waals surface area contributed by atoms with Crippen molar-refractivity contribution >= 4 is 50.4 Å². The molecule has 30 heavy (non-hydrogen) atoms. The van der Waals surface area contributed by atoms with Crippen molar-refractivity contribution in [3.8, 4) is 10.6 Å². The van der Waals surface area contributed by atoms with Gasteiger partial charge in [-0.1, -0.05) is 6.07 Å². The Morgan fingerprint density at radius 2 is 2.17 bits per heavy atom. The fourth-order valence-corrected chi connectivity index (χ4v) is 4.70. The molecule has 4 heterocycles. The summed E-state index contributed by atoms with van der Waals surface area (Å²) < 4.78 is 47.8. The number of pyridine rings is 1. The second-order valence-electron chi connectivity index (χ2n) is 6.72. The fourth-order valence-electron chi connectivity index (χ4n) is 3.01. The SMILES string of the molecule is Nc1c(/C([O-])=N/c2c[n+](C3CC3)no2)sc2nc(-c3cccs3)cc(C(F)(F)F)c12. The highest BCUT2D eigenvalue weighted by Gasteiger charge is 2.37. The third-order valence-electron chi connectivity index (χ3n) is 4.58. The van der Waals surface area contributed by atoms with Gasteiger partial charge in [0.1, 0.15) is 4.83 Å². The first-order valence-electron chi connectivity index (χ1n) is 8.79.